The van der Waals surface area contributed by atoms with Crippen molar-refractivity contribution in [2.75, 3.05) is 13.2 Å². The van der Waals surface area contributed by atoms with Crippen molar-refractivity contribution < 1.29 is 38.6 Å². The van der Waals surface area contributed by atoms with Crippen LogP contribution in [-0.4, -0.2) is 83.0 Å². The molecule has 224 valence electrons. The number of ether oxygens (including phenoxy) is 1. The highest BCUT2D eigenvalue weighted by molar-refractivity contribution is 5.95. The van der Waals surface area contributed by atoms with Crippen molar-refractivity contribution in [2.24, 2.45) is 11.8 Å². The third-order valence-electron chi connectivity index (χ3n) is 6.85. The van der Waals surface area contributed by atoms with Crippen molar-refractivity contribution >= 4 is 35.6 Å². The SMILES string of the molecule is C=CCO[C@@H]1C[C@@H](C(=O)N[C@H](C=O)CC(C)=O)N(C(=O)[C@@H](NC(=O)[C@@H](CC(C)=O)Cc2ccc(O)cc2)C(C)C)C1. The molecule has 1 heterocycles. The van der Waals surface area contributed by atoms with Crippen molar-refractivity contribution in [3.63, 3.8) is 0 Å². The van der Waals surface area contributed by atoms with Crippen molar-refractivity contribution in [1.82, 2.24) is 15.5 Å². The normalized spacial score (nSPS) is 18.7. The van der Waals surface area contributed by atoms with Gasteiger partial charge in [0.05, 0.1) is 18.8 Å². The van der Waals surface area contributed by atoms with Crippen LogP contribution in [0.5, 0.6) is 5.75 Å². The maximum atomic E-state index is 13.9. The quantitative estimate of drug-likeness (QED) is 0.199. The van der Waals surface area contributed by atoms with Gasteiger partial charge in [-0.25, -0.2) is 0 Å². The highest BCUT2D eigenvalue weighted by Gasteiger charge is 2.43. The number of carbonyl (C=O) groups is 6. The molecule has 0 aliphatic carbocycles. The van der Waals surface area contributed by atoms with Gasteiger partial charge in [-0.1, -0.05) is 32.1 Å². The molecule has 11 heteroatoms. The molecule has 0 unspecified atom stereocenters. The Balaban J connectivity index is 2.28. The smallest absolute Gasteiger partial charge is 0.246 e. The number of phenolic OH excluding ortho intramolecular Hbond substituents is 1. The second-order valence-electron chi connectivity index (χ2n) is 10.8. The molecule has 1 fully saturated rings. The molecule has 3 N–H and O–H groups in total. The zero-order valence-electron chi connectivity index (χ0n) is 24.1. The van der Waals surface area contributed by atoms with E-state index in [0.717, 1.165) is 5.56 Å². The molecule has 0 aromatic heterocycles. The Morgan fingerprint density at radius 2 is 1.71 bits per heavy atom. The van der Waals surface area contributed by atoms with E-state index < -0.39 is 47.9 Å². The topological polar surface area (TPSA) is 159 Å². The summed E-state index contributed by atoms with van der Waals surface area (Å²) in [5.74, 6) is -3.10. The van der Waals surface area contributed by atoms with E-state index >= 15 is 0 Å². The van der Waals surface area contributed by atoms with Gasteiger partial charge in [0.2, 0.25) is 17.7 Å². The lowest BCUT2D eigenvalue weighted by molar-refractivity contribution is -0.143. The van der Waals surface area contributed by atoms with E-state index in [2.05, 4.69) is 17.2 Å². The first-order valence-electron chi connectivity index (χ1n) is 13.7. The lowest BCUT2D eigenvalue weighted by Crippen LogP contribution is -2.57. The summed E-state index contributed by atoms with van der Waals surface area (Å²) in [4.78, 5) is 76.8. The molecule has 5 atom stereocenters. The number of nitrogens with zero attached hydrogens (tertiary/aromatic N) is 1. The number of likely N-dealkylation sites (tertiary alicyclic amines) is 1. The summed E-state index contributed by atoms with van der Waals surface area (Å²) >= 11 is 0. The molecule has 1 aromatic rings. The van der Waals surface area contributed by atoms with Crippen LogP contribution in [0.25, 0.3) is 0 Å². The molecular formula is C30H41N3O8. The number of aldehydes is 1. The van der Waals surface area contributed by atoms with E-state index in [1.165, 1.54) is 30.9 Å². The zero-order chi connectivity index (χ0) is 30.7. The first kappa shape index (κ1) is 33.3. The number of carbonyl (C=O) groups excluding carboxylic acids is 6. The van der Waals surface area contributed by atoms with Crippen molar-refractivity contribution in [3.05, 3.63) is 42.5 Å². The first-order valence-corrected chi connectivity index (χ1v) is 13.7. The number of hydrogen-bond donors (Lipinski definition) is 3. The Hall–Kier alpha value is -3.86. The monoisotopic (exact) mass is 571 g/mol. The molecule has 0 bridgehead atoms. The number of nitrogens with one attached hydrogen (secondary N) is 2. The number of ketones is 2. The predicted octanol–water partition coefficient (Wildman–Crippen LogP) is 1.51. The van der Waals surface area contributed by atoms with E-state index in [1.807, 2.05) is 0 Å². The molecule has 1 aliphatic rings. The van der Waals surface area contributed by atoms with Gasteiger partial charge in [-0.15, -0.1) is 6.58 Å². The van der Waals surface area contributed by atoms with Crippen LogP contribution in [0.15, 0.2) is 36.9 Å². The summed E-state index contributed by atoms with van der Waals surface area (Å²) in [6.45, 7) is 10.1. The number of rotatable bonds is 16. The summed E-state index contributed by atoms with van der Waals surface area (Å²) < 4.78 is 5.73. The van der Waals surface area contributed by atoms with Gasteiger partial charge in [0.25, 0.3) is 0 Å². The highest BCUT2D eigenvalue weighted by Crippen LogP contribution is 2.24. The van der Waals surface area contributed by atoms with E-state index in [0.29, 0.717) is 6.29 Å². The second-order valence-corrected chi connectivity index (χ2v) is 10.8. The summed E-state index contributed by atoms with van der Waals surface area (Å²) in [7, 11) is 0. The van der Waals surface area contributed by atoms with E-state index in [9.17, 15) is 33.9 Å². The van der Waals surface area contributed by atoms with Crippen LogP contribution in [0, 0.1) is 11.8 Å². The zero-order valence-corrected chi connectivity index (χ0v) is 24.1. The Labute approximate surface area is 240 Å². The minimum Gasteiger partial charge on any atom is -0.508 e. The summed E-state index contributed by atoms with van der Waals surface area (Å²) in [5, 5.41) is 14.9. The van der Waals surface area contributed by atoms with Crippen LogP contribution in [-0.2, 0) is 39.9 Å². The average molecular weight is 572 g/mol. The number of Topliss-reactive ketones (excluding diaryl/α,β-unsaturated/α-hetero) is 2. The standard InChI is InChI=1S/C30H41N3O8/c1-6-11-41-25-15-26(29(39)31-23(17-34)13-20(5)36)33(16-25)30(40)27(18(2)3)32-28(38)22(12-19(4)35)14-21-7-9-24(37)10-8-21/h6-10,17-18,22-23,25-27,37H,1,11-16H2,2-5H3,(H,31,39)(H,32,38)/t22-,23-,25+,26-,27-/m0/s1. The van der Waals surface area contributed by atoms with Gasteiger partial charge in [0.1, 0.15) is 35.7 Å². The summed E-state index contributed by atoms with van der Waals surface area (Å²) in [6, 6.07) is 3.28. The molecule has 1 aliphatic heterocycles. The second kappa shape index (κ2) is 15.8. The van der Waals surface area contributed by atoms with Crippen LogP contribution < -0.4 is 10.6 Å². The number of benzene rings is 1. The Morgan fingerprint density at radius 3 is 2.24 bits per heavy atom. The van der Waals surface area contributed by atoms with Gasteiger partial charge in [0.15, 0.2) is 0 Å². The summed E-state index contributed by atoms with van der Waals surface area (Å²) in [6.07, 6.45) is 1.71. The number of phenols is 1. The van der Waals surface area contributed by atoms with Crippen LogP contribution in [0.4, 0.5) is 0 Å². The highest BCUT2D eigenvalue weighted by atomic mass is 16.5. The van der Waals surface area contributed by atoms with Gasteiger partial charge in [-0.05, 0) is 43.9 Å². The fraction of sp³-hybridized carbons (Fsp3) is 0.533. The van der Waals surface area contributed by atoms with Gasteiger partial charge in [-0.2, -0.15) is 0 Å². The largest absolute Gasteiger partial charge is 0.508 e. The molecule has 0 spiro atoms. The van der Waals surface area contributed by atoms with Crippen LogP contribution in [0.2, 0.25) is 0 Å². The molecule has 3 amide bonds. The lowest BCUT2D eigenvalue weighted by atomic mass is 9.92. The maximum absolute atomic E-state index is 13.9. The molecular weight excluding hydrogens is 530 g/mol. The molecule has 11 nitrogen and oxygen atoms in total. The lowest BCUT2D eigenvalue weighted by Gasteiger charge is -2.31. The summed E-state index contributed by atoms with van der Waals surface area (Å²) in [5.41, 5.74) is 0.741. The van der Waals surface area contributed by atoms with E-state index in [1.54, 1.807) is 32.1 Å². The van der Waals surface area contributed by atoms with Crippen molar-refractivity contribution in [1.29, 1.82) is 0 Å². The molecule has 1 aromatic carbocycles. The molecule has 1 saturated heterocycles. The fourth-order valence-electron chi connectivity index (χ4n) is 4.82. The third-order valence-corrected chi connectivity index (χ3v) is 6.85. The molecule has 2 rings (SSSR count). The van der Waals surface area contributed by atoms with Crippen molar-refractivity contribution in [2.45, 2.75) is 77.6 Å². The number of aromatic hydroxyl groups is 1. The van der Waals surface area contributed by atoms with Gasteiger partial charge in [-0.3, -0.25) is 19.2 Å². The minimum absolute atomic E-state index is 0.0405. The van der Waals surface area contributed by atoms with Crippen molar-refractivity contribution in [3.8, 4) is 5.75 Å². The Kier molecular flexibility index (Phi) is 12.9. The van der Waals surface area contributed by atoms with Crippen LogP contribution >= 0.6 is 0 Å². The average Bonchev–Trinajstić information content (AvgIpc) is 3.34. The van der Waals surface area contributed by atoms with Crippen LogP contribution in [0.1, 0.15) is 52.5 Å². The predicted molar refractivity (Wildman–Crippen MR) is 151 cm³/mol. The Morgan fingerprint density at radius 1 is 1.07 bits per heavy atom. The Bertz CT molecular complexity index is 1120. The first-order chi connectivity index (χ1) is 19.4. The van der Waals surface area contributed by atoms with E-state index in [4.69, 9.17) is 4.74 Å². The minimum atomic E-state index is -1.03. The fourth-order valence-corrected chi connectivity index (χ4v) is 4.82. The van der Waals surface area contributed by atoms with Crippen LogP contribution in [0.3, 0.4) is 0 Å². The molecule has 0 saturated carbocycles. The third kappa shape index (κ3) is 10.2. The number of amides is 3. The maximum Gasteiger partial charge on any atom is 0.246 e. The van der Waals surface area contributed by atoms with Gasteiger partial charge >= 0.3 is 0 Å². The number of hydrogen-bond acceptors (Lipinski definition) is 8. The van der Waals surface area contributed by atoms with Gasteiger partial charge in [0, 0.05) is 31.7 Å². The van der Waals surface area contributed by atoms with E-state index in [-0.39, 0.29) is 62.1 Å². The van der Waals surface area contributed by atoms with Gasteiger partial charge < -0.3 is 35.0 Å². The molecule has 41 heavy (non-hydrogen) atoms. The molecule has 0 radical (unpaired) electrons.